The summed E-state index contributed by atoms with van der Waals surface area (Å²) in [6.07, 6.45) is -0.596. The Morgan fingerprint density at radius 3 is 2.79 bits per heavy atom. The molecule has 6 heteroatoms. The molecule has 0 aromatic heterocycles. The number of methoxy groups -OCH3 is 1. The molecule has 19 heavy (non-hydrogen) atoms. The van der Waals surface area contributed by atoms with Gasteiger partial charge >= 0.3 is 0 Å². The lowest BCUT2D eigenvalue weighted by Crippen LogP contribution is -2.44. The maximum absolute atomic E-state index is 12.3. The smallest absolute Gasteiger partial charge is 0.257 e. The first-order valence-electron chi connectivity index (χ1n) is 6.08. The van der Waals surface area contributed by atoms with Crippen molar-refractivity contribution in [3.8, 4) is 11.5 Å². The number of nitrogens with zero attached hydrogens (tertiary/aromatic N) is 1. The van der Waals surface area contributed by atoms with Crippen LogP contribution in [0.3, 0.4) is 0 Å². The fourth-order valence-corrected chi connectivity index (χ4v) is 2.25. The minimum atomic E-state index is -0.596. The SMILES string of the molecule is COc1cccc(C(=O)N(C)[C@@H]2CNC[C@H]2O)c1O. The number of rotatable bonds is 3. The molecule has 1 saturated heterocycles. The van der Waals surface area contributed by atoms with Gasteiger partial charge in [-0.3, -0.25) is 4.79 Å². The van der Waals surface area contributed by atoms with E-state index in [1.54, 1.807) is 19.2 Å². The summed E-state index contributed by atoms with van der Waals surface area (Å²) in [6, 6.07) is 4.46. The average molecular weight is 266 g/mol. The van der Waals surface area contributed by atoms with Crippen LogP contribution in [-0.2, 0) is 0 Å². The first-order chi connectivity index (χ1) is 9.06. The van der Waals surface area contributed by atoms with Gasteiger partial charge in [-0.2, -0.15) is 0 Å². The third-order valence-electron chi connectivity index (χ3n) is 3.42. The maximum atomic E-state index is 12.3. The third-order valence-corrected chi connectivity index (χ3v) is 3.42. The first kappa shape index (κ1) is 13.6. The maximum Gasteiger partial charge on any atom is 0.257 e. The number of hydrogen-bond acceptors (Lipinski definition) is 5. The van der Waals surface area contributed by atoms with E-state index in [1.807, 2.05) is 0 Å². The second kappa shape index (κ2) is 5.46. The number of amides is 1. The van der Waals surface area contributed by atoms with Crippen molar-refractivity contribution in [2.24, 2.45) is 0 Å². The molecule has 1 aliphatic heterocycles. The number of nitrogens with one attached hydrogen (secondary N) is 1. The number of carbonyl (C=O) groups is 1. The molecule has 0 radical (unpaired) electrons. The topological polar surface area (TPSA) is 82.0 Å². The second-order valence-corrected chi connectivity index (χ2v) is 4.57. The summed E-state index contributed by atoms with van der Waals surface area (Å²) < 4.78 is 4.98. The number of phenolic OH excluding ortho intramolecular Hbond substituents is 1. The lowest BCUT2D eigenvalue weighted by atomic mass is 10.1. The fourth-order valence-electron chi connectivity index (χ4n) is 2.25. The molecular formula is C13H18N2O4. The molecule has 104 valence electrons. The molecule has 0 saturated carbocycles. The van der Waals surface area contributed by atoms with Crippen molar-refractivity contribution in [3.63, 3.8) is 0 Å². The predicted molar refractivity (Wildman–Crippen MR) is 69.4 cm³/mol. The van der Waals surface area contributed by atoms with Crippen LogP contribution >= 0.6 is 0 Å². The number of carbonyl (C=O) groups excluding carboxylic acids is 1. The molecule has 1 heterocycles. The van der Waals surface area contributed by atoms with Crippen molar-refractivity contribution >= 4 is 5.91 Å². The van der Waals surface area contributed by atoms with Crippen LogP contribution in [-0.4, -0.2) is 60.4 Å². The Balaban J connectivity index is 2.24. The van der Waals surface area contributed by atoms with Crippen LogP contribution in [0, 0.1) is 0 Å². The highest BCUT2D eigenvalue weighted by Gasteiger charge is 2.32. The van der Waals surface area contributed by atoms with Crippen LogP contribution in [0.2, 0.25) is 0 Å². The molecule has 2 rings (SSSR count). The van der Waals surface area contributed by atoms with Crippen LogP contribution in [0.4, 0.5) is 0 Å². The monoisotopic (exact) mass is 266 g/mol. The zero-order chi connectivity index (χ0) is 14.0. The molecule has 1 aromatic rings. The highest BCUT2D eigenvalue weighted by Crippen LogP contribution is 2.30. The van der Waals surface area contributed by atoms with Crippen LogP contribution < -0.4 is 10.1 Å². The first-order valence-corrected chi connectivity index (χ1v) is 6.08. The van der Waals surface area contributed by atoms with Crippen LogP contribution in [0.25, 0.3) is 0 Å². The summed E-state index contributed by atoms with van der Waals surface area (Å²) in [4.78, 5) is 13.8. The summed E-state index contributed by atoms with van der Waals surface area (Å²) in [7, 11) is 3.04. The van der Waals surface area contributed by atoms with Gasteiger partial charge in [0.15, 0.2) is 11.5 Å². The van der Waals surface area contributed by atoms with E-state index >= 15 is 0 Å². The quantitative estimate of drug-likeness (QED) is 0.706. The number of likely N-dealkylation sites (N-methyl/N-ethyl adjacent to an activating group) is 1. The number of phenols is 1. The van der Waals surface area contributed by atoms with E-state index in [0.29, 0.717) is 13.1 Å². The van der Waals surface area contributed by atoms with Crippen molar-refractivity contribution < 1.29 is 19.7 Å². The molecule has 2 atom stereocenters. The molecule has 1 aliphatic rings. The number of hydrogen-bond donors (Lipinski definition) is 3. The van der Waals surface area contributed by atoms with E-state index in [1.165, 1.54) is 18.1 Å². The molecule has 3 N–H and O–H groups in total. The van der Waals surface area contributed by atoms with Gasteiger partial charge in [0.2, 0.25) is 0 Å². The Morgan fingerprint density at radius 1 is 1.47 bits per heavy atom. The Morgan fingerprint density at radius 2 is 2.21 bits per heavy atom. The number of para-hydroxylation sites is 1. The van der Waals surface area contributed by atoms with Crippen molar-refractivity contribution in [2.75, 3.05) is 27.2 Å². The lowest BCUT2D eigenvalue weighted by Gasteiger charge is -2.26. The average Bonchev–Trinajstić information content (AvgIpc) is 2.83. The van der Waals surface area contributed by atoms with Gasteiger partial charge < -0.3 is 25.2 Å². The molecule has 1 fully saturated rings. The lowest BCUT2D eigenvalue weighted by molar-refractivity contribution is 0.0578. The third kappa shape index (κ3) is 2.50. The van der Waals surface area contributed by atoms with Crippen molar-refractivity contribution in [1.82, 2.24) is 10.2 Å². The van der Waals surface area contributed by atoms with Gasteiger partial charge in [-0.1, -0.05) is 6.07 Å². The minimum absolute atomic E-state index is 0.168. The van der Waals surface area contributed by atoms with Crippen LogP contribution in [0.5, 0.6) is 11.5 Å². The molecule has 1 aromatic carbocycles. The van der Waals surface area contributed by atoms with E-state index in [0.717, 1.165) is 0 Å². The summed E-state index contributed by atoms with van der Waals surface area (Å²) in [5, 5.41) is 22.8. The molecular weight excluding hydrogens is 248 g/mol. The number of benzene rings is 1. The Hall–Kier alpha value is -1.79. The Kier molecular flexibility index (Phi) is 3.92. The fraction of sp³-hybridized carbons (Fsp3) is 0.462. The number of aliphatic hydroxyl groups is 1. The van der Waals surface area contributed by atoms with Gasteiger partial charge in [0.25, 0.3) is 5.91 Å². The zero-order valence-corrected chi connectivity index (χ0v) is 11.0. The van der Waals surface area contributed by atoms with Gasteiger partial charge in [-0.25, -0.2) is 0 Å². The van der Waals surface area contributed by atoms with E-state index < -0.39 is 6.10 Å². The standard InChI is InChI=1S/C13H18N2O4/c1-15(9-6-14-7-10(9)16)13(18)8-4-3-5-11(19-2)12(8)17/h3-5,9-10,14,16-17H,6-7H2,1-2H3/t9-,10-/m1/s1. The van der Waals surface area contributed by atoms with Gasteiger partial charge in [-0.15, -0.1) is 0 Å². The molecule has 0 bridgehead atoms. The van der Waals surface area contributed by atoms with Crippen molar-refractivity contribution in [2.45, 2.75) is 12.1 Å². The predicted octanol–water partition coefficient (Wildman–Crippen LogP) is -0.195. The Labute approximate surface area is 111 Å². The van der Waals surface area contributed by atoms with Crippen LogP contribution in [0.15, 0.2) is 18.2 Å². The van der Waals surface area contributed by atoms with E-state index in [4.69, 9.17) is 4.74 Å². The molecule has 1 amide bonds. The van der Waals surface area contributed by atoms with Gasteiger partial charge in [0.1, 0.15) is 0 Å². The minimum Gasteiger partial charge on any atom is -0.504 e. The van der Waals surface area contributed by atoms with E-state index in [2.05, 4.69) is 5.32 Å². The highest BCUT2D eigenvalue weighted by atomic mass is 16.5. The number of aliphatic hydroxyl groups excluding tert-OH is 1. The molecule has 0 spiro atoms. The summed E-state index contributed by atoms with van der Waals surface area (Å²) in [6.45, 7) is 1.00. The molecule has 0 unspecified atom stereocenters. The molecule has 6 nitrogen and oxygen atoms in total. The summed E-state index contributed by atoms with van der Waals surface area (Å²) in [5.41, 5.74) is 0.168. The summed E-state index contributed by atoms with van der Waals surface area (Å²) >= 11 is 0. The highest BCUT2D eigenvalue weighted by molar-refractivity contribution is 5.97. The van der Waals surface area contributed by atoms with Crippen molar-refractivity contribution in [1.29, 1.82) is 0 Å². The largest absolute Gasteiger partial charge is 0.504 e. The van der Waals surface area contributed by atoms with Gasteiger partial charge in [-0.05, 0) is 12.1 Å². The number of β-amino-alcohol motifs (C(OH)–C–C–N with tert-alkyl or cyclic N) is 1. The van der Waals surface area contributed by atoms with Gasteiger partial charge in [0, 0.05) is 20.1 Å². The normalized spacial score (nSPS) is 22.3. The Bertz CT molecular complexity index is 478. The summed E-state index contributed by atoms with van der Waals surface area (Å²) in [5.74, 6) is -0.268. The second-order valence-electron chi connectivity index (χ2n) is 4.57. The number of aromatic hydroxyl groups is 1. The number of ether oxygens (including phenoxy) is 1. The van der Waals surface area contributed by atoms with E-state index in [-0.39, 0.29) is 29.0 Å². The van der Waals surface area contributed by atoms with Gasteiger partial charge in [0.05, 0.1) is 24.8 Å². The van der Waals surface area contributed by atoms with Crippen molar-refractivity contribution in [3.05, 3.63) is 23.8 Å². The van der Waals surface area contributed by atoms with E-state index in [9.17, 15) is 15.0 Å². The van der Waals surface area contributed by atoms with Crippen LogP contribution in [0.1, 0.15) is 10.4 Å². The molecule has 0 aliphatic carbocycles. The zero-order valence-electron chi connectivity index (χ0n) is 11.0.